The van der Waals surface area contributed by atoms with Crippen molar-refractivity contribution in [2.45, 2.75) is 0 Å². The molecule has 0 bridgehead atoms. The molecule has 0 unspecified atom stereocenters. The van der Waals surface area contributed by atoms with Crippen LogP contribution in [0.4, 0.5) is 17.1 Å². The van der Waals surface area contributed by atoms with Gasteiger partial charge < -0.3 is 24.8 Å². The Labute approximate surface area is 175 Å². The number of ether oxygens (including phenoxy) is 3. The molecule has 0 atom stereocenters. The number of rotatable bonds is 6. The van der Waals surface area contributed by atoms with Crippen LogP contribution in [0.2, 0.25) is 0 Å². The summed E-state index contributed by atoms with van der Waals surface area (Å²) in [5.74, 6) is 1.47. The van der Waals surface area contributed by atoms with E-state index < -0.39 is 5.91 Å². The third-order valence-electron chi connectivity index (χ3n) is 4.24. The third kappa shape index (κ3) is 5.08. The fraction of sp³-hybridized carbons (Fsp3) is 0.130. The number of methoxy groups -OCH3 is 3. The molecule has 0 aliphatic rings. The first-order valence-electron chi connectivity index (χ1n) is 9.21. The van der Waals surface area contributed by atoms with Crippen LogP contribution in [0.1, 0.15) is 0 Å². The number of benzene rings is 3. The summed E-state index contributed by atoms with van der Waals surface area (Å²) in [4.78, 5) is 17.6. The van der Waals surface area contributed by atoms with Crippen LogP contribution in [0.15, 0.2) is 77.8 Å². The molecule has 0 heterocycles. The van der Waals surface area contributed by atoms with Crippen LogP contribution in [0.25, 0.3) is 0 Å². The molecule has 0 saturated carbocycles. The van der Waals surface area contributed by atoms with Gasteiger partial charge in [-0.15, -0.1) is 0 Å². The van der Waals surface area contributed by atoms with Crippen molar-refractivity contribution in [2.75, 3.05) is 32.0 Å². The molecule has 0 aliphatic carbocycles. The van der Waals surface area contributed by atoms with Crippen molar-refractivity contribution in [1.82, 2.24) is 0 Å². The van der Waals surface area contributed by atoms with Crippen LogP contribution in [0.3, 0.4) is 0 Å². The van der Waals surface area contributed by atoms with Gasteiger partial charge in [0.15, 0.2) is 5.84 Å². The lowest BCUT2D eigenvalue weighted by Gasteiger charge is -2.14. The van der Waals surface area contributed by atoms with Gasteiger partial charge in [0, 0.05) is 5.69 Å². The van der Waals surface area contributed by atoms with Crippen molar-refractivity contribution in [1.29, 1.82) is 0 Å². The number of carbonyl (C=O) groups excluding carboxylic acids is 1. The molecule has 0 aliphatic heterocycles. The first-order chi connectivity index (χ1) is 14.6. The van der Waals surface area contributed by atoms with Crippen molar-refractivity contribution < 1.29 is 19.0 Å². The largest absolute Gasteiger partial charge is 0.497 e. The van der Waals surface area contributed by atoms with Gasteiger partial charge in [-0.05, 0) is 48.5 Å². The fourth-order valence-electron chi connectivity index (χ4n) is 2.72. The zero-order valence-electron chi connectivity index (χ0n) is 17.0. The summed E-state index contributed by atoms with van der Waals surface area (Å²) in [6, 6.07) is 21.6. The molecule has 0 saturated heterocycles. The Balaban J connectivity index is 1.95. The topological polar surface area (TPSA) is 81.2 Å². The van der Waals surface area contributed by atoms with Gasteiger partial charge in [-0.1, -0.05) is 24.3 Å². The maximum absolute atomic E-state index is 13.1. The number of hydrogen-bond donors (Lipinski definition) is 2. The number of amides is 1. The molecule has 7 heteroatoms. The summed E-state index contributed by atoms with van der Waals surface area (Å²) in [7, 11) is 4.70. The maximum atomic E-state index is 13.1. The van der Waals surface area contributed by atoms with Crippen molar-refractivity contribution in [2.24, 2.45) is 4.99 Å². The second-order valence-corrected chi connectivity index (χ2v) is 6.14. The first kappa shape index (κ1) is 20.7. The number of amidine groups is 1. The van der Waals surface area contributed by atoms with Crippen LogP contribution in [0.5, 0.6) is 17.2 Å². The summed E-state index contributed by atoms with van der Waals surface area (Å²) in [5, 5.41) is 5.91. The number of anilines is 2. The van der Waals surface area contributed by atoms with Gasteiger partial charge in [-0.2, -0.15) is 0 Å². The van der Waals surface area contributed by atoms with Crippen molar-refractivity contribution in [3.63, 3.8) is 0 Å². The van der Waals surface area contributed by atoms with E-state index in [4.69, 9.17) is 14.2 Å². The Hall–Kier alpha value is -4.00. The fourth-order valence-corrected chi connectivity index (χ4v) is 2.72. The Morgan fingerprint density at radius 3 is 2.03 bits per heavy atom. The lowest BCUT2D eigenvalue weighted by atomic mass is 10.2. The van der Waals surface area contributed by atoms with Gasteiger partial charge in [-0.25, -0.2) is 4.99 Å². The van der Waals surface area contributed by atoms with Crippen LogP contribution < -0.4 is 24.8 Å². The molecule has 3 rings (SSSR count). The number of nitrogens with one attached hydrogen (secondary N) is 2. The molecule has 2 N–H and O–H groups in total. The second kappa shape index (κ2) is 9.97. The highest BCUT2D eigenvalue weighted by Crippen LogP contribution is 2.28. The summed E-state index contributed by atoms with van der Waals surface area (Å²) >= 11 is 0. The van der Waals surface area contributed by atoms with E-state index in [-0.39, 0.29) is 5.84 Å². The number of nitrogens with zero attached hydrogens (tertiary/aromatic N) is 1. The zero-order valence-corrected chi connectivity index (χ0v) is 17.0. The van der Waals surface area contributed by atoms with Crippen molar-refractivity contribution >= 4 is 28.8 Å². The predicted molar refractivity (Wildman–Crippen MR) is 118 cm³/mol. The predicted octanol–water partition coefficient (Wildman–Crippen LogP) is 4.49. The lowest BCUT2D eigenvalue weighted by molar-refractivity contribution is -0.110. The Morgan fingerprint density at radius 1 is 0.733 bits per heavy atom. The van der Waals surface area contributed by atoms with E-state index in [1.165, 1.54) is 0 Å². The number of para-hydroxylation sites is 4. The standard InChI is InChI=1S/C23H23N3O4/c1-28-17-14-12-16(13-15-17)24-22(25-18-8-4-6-10-20(18)29-2)23(27)26-19-9-5-7-11-21(19)30-3/h4-15H,1-3H3,(H,24,25)(H,26,27). The van der Waals surface area contributed by atoms with Crippen LogP contribution in [0, 0.1) is 0 Å². The third-order valence-corrected chi connectivity index (χ3v) is 4.24. The lowest BCUT2D eigenvalue weighted by Crippen LogP contribution is -2.29. The van der Waals surface area contributed by atoms with Gasteiger partial charge in [0.05, 0.1) is 27.0 Å². The second-order valence-electron chi connectivity index (χ2n) is 6.14. The van der Waals surface area contributed by atoms with Crippen LogP contribution >= 0.6 is 0 Å². The number of carbonyl (C=O) groups is 1. The molecular formula is C23H23N3O4. The van der Waals surface area contributed by atoms with E-state index in [1.807, 2.05) is 24.3 Å². The summed E-state index contributed by atoms with van der Waals surface area (Å²) in [5.41, 5.74) is 1.74. The normalized spacial score (nSPS) is 10.8. The molecule has 0 radical (unpaired) electrons. The van der Waals surface area contributed by atoms with Gasteiger partial charge in [0.25, 0.3) is 5.91 Å². The zero-order chi connectivity index (χ0) is 21.3. The molecular weight excluding hydrogens is 382 g/mol. The first-order valence-corrected chi connectivity index (χ1v) is 9.21. The number of hydrogen-bond acceptors (Lipinski definition) is 5. The van der Waals surface area contributed by atoms with E-state index in [1.54, 1.807) is 69.9 Å². The molecule has 0 spiro atoms. The molecule has 1 amide bonds. The minimum atomic E-state index is -0.429. The summed E-state index contributed by atoms with van der Waals surface area (Å²) < 4.78 is 15.9. The molecule has 3 aromatic rings. The molecule has 154 valence electrons. The molecule has 30 heavy (non-hydrogen) atoms. The van der Waals surface area contributed by atoms with Crippen molar-refractivity contribution in [3.8, 4) is 17.2 Å². The minimum absolute atomic E-state index is 0.0931. The van der Waals surface area contributed by atoms with Gasteiger partial charge >= 0.3 is 0 Å². The minimum Gasteiger partial charge on any atom is -0.497 e. The van der Waals surface area contributed by atoms with Crippen molar-refractivity contribution in [3.05, 3.63) is 72.8 Å². The molecule has 3 aromatic carbocycles. The highest BCUT2D eigenvalue weighted by atomic mass is 16.5. The van der Waals surface area contributed by atoms with Crippen LogP contribution in [-0.2, 0) is 4.79 Å². The number of aliphatic imine (C=N–C) groups is 1. The Morgan fingerprint density at radius 2 is 1.37 bits per heavy atom. The maximum Gasteiger partial charge on any atom is 0.291 e. The van der Waals surface area contributed by atoms with Gasteiger partial charge in [-0.3, -0.25) is 4.79 Å². The highest BCUT2D eigenvalue weighted by Gasteiger charge is 2.16. The van der Waals surface area contributed by atoms with Gasteiger partial charge in [0.2, 0.25) is 0 Å². The molecule has 7 nitrogen and oxygen atoms in total. The average Bonchev–Trinajstić information content (AvgIpc) is 2.79. The van der Waals surface area contributed by atoms with E-state index in [0.29, 0.717) is 34.3 Å². The van der Waals surface area contributed by atoms with E-state index >= 15 is 0 Å². The average molecular weight is 405 g/mol. The Kier molecular flexibility index (Phi) is 6.89. The van der Waals surface area contributed by atoms with Crippen LogP contribution in [-0.4, -0.2) is 33.1 Å². The van der Waals surface area contributed by atoms with E-state index in [0.717, 1.165) is 0 Å². The van der Waals surface area contributed by atoms with E-state index in [9.17, 15) is 4.79 Å². The summed E-state index contributed by atoms with van der Waals surface area (Å²) in [6.45, 7) is 0. The highest BCUT2D eigenvalue weighted by molar-refractivity contribution is 6.46. The quantitative estimate of drug-likeness (QED) is 0.466. The monoisotopic (exact) mass is 405 g/mol. The van der Waals surface area contributed by atoms with Gasteiger partial charge in [0.1, 0.15) is 22.9 Å². The smallest absolute Gasteiger partial charge is 0.291 e. The Bertz CT molecular complexity index is 1030. The van der Waals surface area contributed by atoms with E-state index in [2.05, 4.69) is 15.6 Å². The SMILES string of the molecule is COc1ccc(NC(=Nc2ccccc2OC)C(=O)Nc2ccccc2OC)cc1. The molecule has 0 fully saturated rings. The summed E-state index contributed by atoms with van der Waals surface area (Å²) in [6.07, 6.45) is 0. The molecule has 0 aromatic heterocycles.